The first-order valence-electron chi connectivity index (χ1n) is 7.17. The van der Waals surface area contributed by atoms with E-state index < -0.39 is 5.97 Å². The lowest BCUT2D eigenvalue weighted by Gasteiger charge is -2.21. The molecular formula is C16H18N2O3. The van der Waals surface area contributed by atoms with Crippen molar-refractivity contribution in [1.29, 1.82) is 0 Å². The summed E-state index contributed by atoms with van der Waals surface area (Å²) >= 11 is 0. The number of carboxylic acids is 1. The van der Waals surface area contributed by atoms with Gasteiger partial charge in [0, 0.05) is 16.6 Å². The number of aromatic amines is 1. The highest BCUT2D eigenvalue weighted by Gasteiger charge is 2.29. The summed E-state index contributed by atoms with van der Waals surface area (Å²) in [5.41, 5.74) is 4.39. The quantitative estimate of drug-likeness (QED) is 0.808. The van der Waals surface area contributed by atoms with Crippen LogP contribution in [0.5, 0.6) is 0 Å². The predicted molar refractivity (Wildman–Crippen MR) is 79.4 cm³/mol. The fraction of sp³-hybridized carbons (Fsp3) is 0.375. The minimum Gasteiger partial charge on any atom is -0.480 e. The summed E-state index contributed by atoms with van der Waals surface area (Å²) in [5, 5.41) is 12.3. The maximum Gasteiger partial charge on any atom is 0.322 e. The fourth-order valence-corrected chi connectivity index (χ4v) is 3.12. The topological polar surface area (TPSA) is 82.2 Å². The van der Waals surface area contributed by atoms with Crippen LogP contribution in [0.3, 0.4) is 0 Å². The Labute approximate surface area is 122 Å². The Morgan fingerprint density at radius 1 is 1.43 bits per heavy atom. The second kappa shape index (κ2) is 5.24. The van der Waals surface area contributed by atoms with E-state index in [2.05, 4.69) is 23.3 Å². The predicted octanol–water partition coefficient (Wildman–Crippen LogP) is 2.10. The number of rotatable bonds is 3. The van der Waals surface area contributed by atoms with Crippen LogP contribution in [-0.4, -0.2) is 28.5 Å². The van der Waals surface area contributed by atoms with Crippen molar-refractivity contribution in [1.82, 2.24) is 10.3 Å². The molecule has 21 heavy (non-hydrogen) atoms. The molecule has 1 atom stereocenters. The number of hydrogen-bond donors (Lipinski definition) is 3. The Morgan fingerprint density at radius 2 is 2.24 bits per heavy atom. The number of carboxylic acid groups (broad SMARTS) is 1. The molecule has 1 heterocycles. The van der Waals surface area contributed by atoms with Crippen LogP contribution in [0.4, 0.5) is 0 Å². The molecule has 0 bridgehead atoms. The van der Waals surface area contributed by atoms with E-state index >= 15 is 0 Å². The third-order valence-corrected chi connectivity index (χ3v) is 4.09. The van der Waals surface area contributed by atoms with Gasteiger partial charge in [-0.15, -0.1) is 0 Å². The van der Waals surface area contributed by atoms with Crippen LogP contribution in [0.2, 0.25) is 0 Å². The van der Waals surface area contributed by atoms with Crippen LogP contribution >= 0.6 is 0 Å². The Morgan fingerprint density at radius 3 is 3.00 bits per heavy atom. The fourth-order valence-electron chi connectivity index (χ4n) is 3.12. The van der Waals surface area contributed by atoms with E-state index in [0.29, 0.717) is 0 Å². The normalized spacial score (nSPS) is 17.5. The molecule has 0 saturated heterocycles. The van der Waals surface area contributed by atoms with Gasteiger partial charge < -0.3 is 15.4 Å². The number of benzene rings is 1. The van der Waals surface area contributed by atoms with Crippen molar-refractivity contribution in [2.75, 3.05) is 6.54 Å². The van der Waals surface area contributed by atoms with Crippen molar-refractivity contribution in [3.8, 4) is 0 Å². The van der Waals surface area contributed by atoms with Crippen LogP contribution in [0, 0.1) is 6.92 Å². The molecule has 0 spiro atoms. The minimum absolute atomic E-state index is 0.207. The molecule has 3 rings (SSSR count). The van der Waals surface area contributed by atoms with Crippen LogP contribution in [0.15, 0.2) is 18.2 Å². The van der Waals surface area contributed by atoms with Gasteiger partial charge >= 0.3 is 5.97 Å². The monoisotopic (exact) mass is 286 g/mol. The number of hydrogen-bond acceptors (Lipinski definition) is 2. The largest absolute Gasteiger partial charge is 0.480 e. The molecule has 0 saturated carbocycles. The van der Waals surface area contributed by atoms with Gasteiger partial charge in [-0.2, -0.15) is 0 Å². The molecule has 5 heteroatoms. The van der Waals surface area contributed by atoms with E-state index in [1.807, 2.05) is 12.1 Å². The van der Waals surface area contributed by atoms with Crippen LogP contribution < -0.4 is 5.32 Å². The molecule has 0 fully saturated rings. The standard InChI is InChI=1S/C16H18N2O3/c1-9-5-6-13-12(7-9)10-3-2-4-11(15(10)18-13)16(21)17-8-14(19)20/h5-7,11,18H,2-4,8H2,1H3,(H,17,21)(H,19,20). The first-order valence-corrected chi connectivity index (χ1v) is 7.17. The third-order valence-electron chi connectivity index (χ3n) is 4.09. The van der Waals surface area contributed by atoms with Gasteiger partial charge in [-0.1, -0.05) is 11.6 Å². The summed E-state index contributed by atoms with van der Waals surface area (Å²) in [5.74, 6) is -1.51. The zero-order valence-corrected chi connectivity index (χ0v) is 11.9. The maximum atomic E-state index is 12.2. The van der Waals surface area contributed by atoms with Crippen molar-refractivity contribution >= 4 is 22.8 Å². The number of carbonyl (C=O) groups is 2. The molecule has 0 aliphatic heterocycles. The lowest BCUT2D eigenvalue weighted by molar-refractivity contribution is -0.138. The molecule has 1 aromatic heterocycles. The molecule has 1 unspecified atom stereocenters. The number of amides is 1. The highest BCUT2D eigenvalue weighted by atomic mass is 16.4. The summed E-state index contributed by atoms with van der Waals surface area (Å²) in [6.45, 7) is 1.72. The molecule has 2 aromatic rings. The molecule has 1 aromatic carbocycles. The van der Waals surface area contributed by atoms with E-state index in [0.717, 1.165) is 30.5 Å². The highest BCUT2D eigenvalue weighted by Crippen LogP contribution is 2.36. The van der Waals surface area contributed by atoms with Gasteiger partial charge in [0.1, 0.15) is 6.54 Å². The molecule has 110 valence electrons. The van der Waals surface area contributed by atoms with E-state index in [1.54, 1.807) is 0 Å². The second-order valence-corrected chi connectivity index (χ2v) is 5.62. The zero-order chi connectivity index (χ0) is 15.0. The van der Waals surface area contributed by atoms with Gasteiger partial charge in [0.25, 0.3) is 0 Å². The molecule has 1 amide bonds. The molecule has 3 N–H and O–H groups in total. The van der Waals surface area contributed by atoms with Crippen molar-refractivity contribution in [3.63, 3.8) is 0 Å². The Bertz CT molecular complexity index is 718. The van der Waals surface area contributed by atoms with Gasteiger partial charge in [-0.3, -0.25) is 9.59 Å². The third kappa shape index (κ3) is 2.51. The van der Waals surface area contributed by atoms with Crippen molar-refractivity contribution in [3.05, 3.63) is 35.0 Å². The van der Waals surface area contributed by atoms with Gasteiger partial charge in [0.2, 0.25) is 5.91 Å². The Hall–Kier alpha value is -2.30. The molecule has 1 aliphatic rings. The summed E-state index contributed by atoms with van der Waals surface area (Å²) < 4.78 is 0. The molecule has 0 radical (unpaired) electrons. The number of aromatic nitrogens is 1. The number of aliphatic carboxylic acids is 1. The average Bonchev–Trinajstić information content (AvgIpc) is 2.82. The molecule has 5 nitrogen and oxygen atoms in total. The Balaban J connectivity index is 1.96. The smallest absolute Gasteiger partial charge is 0.322 e. The van der Waals surface area contributed by atoms with E-state index in [-0.39, 0.29) is 18.4 Å². The lowest BCUT2D eigenvalue weighted by atomic mass is 9.86. The lowest BCUT2D eigenvalue weighted by Crippen LogP contribution is -2.34. The minimum atomic E-state index is -1.02. The SMILES string of the molecule is Cc1ccc2[nH]c3c(c2c1)CCCC3C(=O)NCC(=O)O. The highest BCUT2D eigenvalue weighted by molar-refractivity contribution is 5.91. The number of carbonyl (C=O) groups excluding carboxylic acids is 1. The maximum absolute atomic E-state index is 12.2. The number of aryl methyl sites for hydroxylation is 2. The van der Waals surface area contributed by atoms with E-state index in [4.69, 9.17) is 5.11 Å². The molecular weight excluding hydrogens is 268 g/mol. The van der Waals surface area contributed by atoms with Gasteiger partial charge in [-0.05, 0) is 43.9 Å². The van der Waals surface area contributed by atoms with Crippen molar-refractivity contribution < 1.29 is 14.7 Å². The summed E-state index contributed by atoms with van der Waals surface area (Å²) in [6.07, 6.45) is 2.66. The van der Waals surface area contributed by atoms with Gasteiger partial charge in [0.05, 0.1) is 5.92 Å². The first kappa shape index (κ1) is 13.7. The summed E-state index contributed by atoms with van der Waals surface area (Å²) in [6, 6.07) is 6.22. The van der Waals surface area contributed by atoms with Gasteiger partial charge in [-0.25, -0.2) is 0 Å². The van der Waals surface area contributed by atoms with Gasteiger partial charge in [0.15, 0.2) is 0 Å². The van der Waals surface area contributed by atoms with Crippen LogP contribution in [-0.2, 0) is 16.0 Å². The Kier molecular flexibility index (Phi) is 3.41. The van der Waals surface area contributed by atoms with E-state index in [9.17, 15) is 9.59 Å². The number of fused-ring (bicyclic) bond motifs is 3. The average molecular weight is 286 g/mol. The van der Waals surface area contributed by atoms with Crippen molar-refractivity contribution in [2.24, 2.45) is 0 Å². The molecule has 1 aliphatic carbocycles. The zero-order valence-electron chi connectivity index (χ0n) is 11.9. The van der Waals surface area contributed by atoms with Crippen LogP contribution in [0.25, 0.3) is 10.9 Å². The second-order valence-electron chi connectivity index (χ2n) is 5.62. The van der Waals surface area contributed by atoms with E-state index in [1.165, 1.54) is 16.5 Å². The summed E-state index contributed by atoms with van der Waals surface area (Å²) in [4.78, 5) is 26.2. The first-order chi connectivity index (χ1) is 10.1. The number of nitrogens with one attached hydrogen (secondary N) is 2. The number of H-pyrrole nitrogens is 1. The van der Waals surface area contributed by atoms with Crippen LogP contribution in [0.1, 0.15) is 35.6 Å². The van der Waals surface area contributed by atoms with Crippen molar-refractivity contribution in [2.45, 2.75) is 32.1 Å². The summed E-state index contributed by atoms with van der Waals surface area (Å²) in [7, 11) is 0.